The van der Waals surface area contributed by atoms with Gasteiger partial charge in [-0.15, -0.1) is 0 Å². The van der Waals surface area contributed by atoms with Crippen LogP contribution in [-0.2, 0) is 9.53 Å². The summed E-state index contributed by atoms with van der Waals surface area (Å²) >= 11 is 0. The van der Waals surface area contributed by atoms with E-state index in [2.05, 4.69) is 11.3 Å². The molecule has 0 saturated heterocycles. The van der Waals surface area contributed by atoms with Crippen molar-refractivity contribution < 1.29 is 71.0 Å². The lowest BCUT2D eigenvalue weighted by atomic mass is 9.86. The quantitative estimate of drug-likeness (QED) is 0.230. The molecule has 0 saturated carbocycles. The highest BCUT2D eigenvalue weighted by Crippen LogP contribution is 2.60. The number of esters is 1. The Morgan fingerprint density at radius 1 is 0.833 bits per heavy atom. The first-order valence-electron chi connectivity index (χ1n) is 7.40. The fourth-order valence-electron chi connectivity index (χ4n) is 2.13. The number of alkyl halides is 14. The van der Waals surface area contributed by atoms with Crippen LogP contribution < -0.4 is 0 Å². The topological polar surface area (TPSA) is 26.3 Å². The Bertz CT molecular complexity index is 605. The lowest BCUT2D eigenvalue weighted by Crippen LogP contribution is -2.68. The Morgan fingerprint density at radius 2 is 1.23 bits per heavy atom. The van der Waals surface area contributed by atoms with Crippen LogP contribution in [0.3, 0.4) is 0 Å². The fraction of sp³-hybridized carbons (Fsp3) is 0.786. The van der Waals surface area contributed by atoms with Crippen molar-refractivity contribution in [3.63, 3.8) is 0 Å². The molecule has 0 aliphatic heterocycles. The zero-order chi connectivity index (χ0) is 24.6. The standard InChI is InChI=1S/C14H12F14O2/c1-3-7(29)30-5-6(2)4-9(15,16)13(25,26)14(27,28)10(17,18)8(11(19,20)21)12(22,23)24/h3,6,8H,1,4-5H2,2H3. The molecule has 0 heterocycles. The van der Waals surface area contributed by atoms with Crippen LogP contribution in [0.2, 0.25) is 0 Å². The number of hydrogen-bond donors (Lipinski definition) is 0. The third kappa shape index (κ3) is 5.47. The van der Waals surface area contributed by atoms with Crippen molar-refractivity contribution in [1.82, 2.24) is 0 Å². The maximum atomic E-state index is 13.7. The molecule has 178 valence electrons. The number of ether oxygens (including phenoxy) is 1. The van der Waals surface area contributed by atoms with Gasteiger partial charge >= 0.3 is 42.0 Å². The Balaban J connectivity index is 6.07. The van der Waals surface area contributed by atoms with Crippen molar-refractivity contribution >= 4 is 5.97 Å². The maximum Gasteiger partial charge on any atom is 0.406 e. The van der Waals surface area contributed by atoms with Crippen LogP contribution in [0.1, 0.15) is 13.3 Å². The van der Waals surface area contributed by atoms with Gasteiger partial charge in [0.25, 0.3) is 0 Å². The van der Waals surface area contributed by atoms with Crippen molar-refractivity contribution in [2.24, 2.45) is 11.8 Å². The van der Waals surface area contributed by atoms with E-state index in [9.17, 15) is 66.3 Å². The van der Waals surface area contributed by atoms with E-state index >= 15 is 0 Å². The van der Waals surface area contributed by atoms with Crippen LogP contribution in [0.4, 0.5) is 61.5 Å². The van der Waals surface area contributed by atoms with Crippen molar-refractivity contribution in [1.29, 1.82) is 0 Å². The zero-order valence-electron chi connectivity index (χ0n) is 14.5. The summed E-state index contributed by atoms with van der Waals surface area (Å²) in [5.41, 5.74) is 0. The minimum atomic E-state index is -7.79. The predicted octanol–water partition coefficient (Wildman–Crippen LogP) is 6.02. The summed E-state index contributed by atoms with van der Waals surface area (Å²) in [7, 11) is 0. The molecule has 0 fully saturated rings. The molecule has 0 radical (unpaired) electrons. The molecule has 2 nitrogen and oxygen atoms in total. The average molecular weight is 478 g/mol. The summed E-state index contributed by atoms with van der Waals surface area (Å²) in [6, 6.07) is 0. The van der Waals surface area contributed by atoms with Crippen molar-refractivity contribution in [2.45, 2.75) is 49.4 Å². The maximum absolute atomic E-state index is 13.7. The SMILES string of the molecule is C=CC(=O)OCC(C)CC(F)(F)C(F)(F)C(F)(F)C(F)(F)C(C(F)(F)F)C(F)(F)F. The van der Waals surface area contributed by atoms with Crippen LogP contribution in [-0.4, -0.2) is 48.6 Å². The monoisotopic (exact) mass is 478 g/mol. The molecular weight excluding hydrogens is 466 g/mol. The summed E-state index contributed by atoms with van der Waals surface area (Å²) in [6.45, 7) is 2.27. The normalized spacial score (nSPS) is 15.9. The van der Waals surface area contributed by atoms with E-state index < -0.39 is 66.9 Å². The molecule has 0 N–H and O–H groups in total. The Labute approximate surface area is 158 Å². The van der Waals surface area contributed by atoms with Gasteiger partial charge in [0.2, 0.25) is 5.92 Å². The van der Waals surface area contributed by atoms with Gasteiger partial charge in [-0.1, -0.05) is 13.5 Å². The molecule has 1 atom stereocenters. The van der Waals surface area contributed by atoms with E-state index in [0.717, 1.165) is 0 Å². The van der Waals surface area contributed by atoms with Gasteiger partial charge in [0.1, 0.15) is 0 Å². The first-order valence-corrected chi connectivity index (χ1v) is 7.40. The summed E-state index contributed by atoms with van der Waals surface area (Å²) in [5, 5.41) is 0. The number of carbonyl (C=O) groups is 1. The number of hydrogen-bond acceptors (Lipinski definition) is 2. The molecule has 1 unspecified atom stereocenters. The zero-order valence-corrected chi connectivity index (χ0v) is 14.5. The van der Waals surface area contributed by atoms with E-state index in [1.807, 2.05) is 0 Å². The first-order chi connectivity index (χ1) is 13.0. The largest absolute Gasteiger partial charge is 0.462 e. The molecule has 0 aromatic carbocycles. The Morgan fingerprint density at radius 3 is 1.57 bits per heavy atom. The molecule has 0 bridgehead atoms. The second-order valence-electron chi connectivity index (χ2n) is 6.14. The van der Waals surface area contributed by atoms with E-state index in [0.29, 0.717) is 13.0 Å². The van der Waals surface area contributed by atoms with Crippen LogP contribution in [0.25, 0.3) is 0 Å². The highest BCUT2D eigenvalue weighted by atomic mass is 19.4. The van der Waals surface area contributed by atoms with Crippen molar-refractivity contribution in [3.8, 4) is 0 Å². The number of halogens is 14. The third-order valence-corrected chi connectivity index (χ3v) is 3.57. The predicted molar refractivity (Wildman–Crippen MR) is 70.3 cm³/mol. The molecule has 0 aromatic heterocycles. The fourth-order valence-corrected chi connectivity index (χ4v) is 2.13. The molecule has 0 aromatic rings. The Hall–Kier alpha value is -1.77. The molecule has 16 heteroatoms. The summed E-state index contributed by atoms with van der Waals surface area (Å²) in [6.07, 6.45) is -16.5. The molecule has 0 spiro atoms. The van der Waals surface area contributed by atoms with E-state index in [4.69, 9.17) is 0 Å². The van der Waals surface area contributed by atoms with Crippen LogP contribution in [0, 0.1) is 11.8 Å². The minimum absolute atomic E-state index is 0.475. The molecule has 0 rings (SSSR count). The van der Waals surface area contributed by atoms with Crippen molar-refractivity contribution in [3.05, 3.63) is 12.7 Å². The van der Waals surface area contributed by atoms with Gasteiger partial charge in [0.05, 0.1) is 6.61 Å². The molecule has 30 heavy (non-hydrogen) atoms. The lowest BCUT2D eigenvalue weighted by Gasteiger charge is -2.41. The summed E-state index contributed by atoms with van der Waals surface area (Å²) in [5.74, 6) is -38.7. The Kier molecular flexibility index (Phi) is 7.90. The van der Waals surface area contributed by atoms with Gasteiger partial charge in [-0.25, -0.2) is 4.79 Å². The van der Waals surface area contributed by atoms with Crippen LogP contribution in [0.15, 0.2) is 12.7 Å². The lowest BCUT2D eigenvalue weighted by molar-refractivity contribution is -0.423. The highest BCUT2D eigenvalue weighted by Gasteiger charge is 2.87. The van der Waals surface area contributed by atoms with Gasteiger partial charge in [0.15, 0.2) is 0 Å². The third-order valence-electron chi connectivity index (χ3n) is 3.57. The van der Waals surface area contributed by atoms with Crippen LogP contribution >= 0.6 is 0 Å². The van der Waals surface area contributed by atoms with E-state index in [1.54, 1.807) is 0 Å². The second kappa shape index (κ2) is 8.40. The van der Waals surface area contributed by atoms with Gasteiger partial charge in [-0.3, -0.25) is 0 Å². The van der Waals surface area contributed by atoms with Gasteiger partial charge < -0.3 is 4.74 Å². The van der Waals surface area contributed by atoms with Gasteiger partial charge in [0, 0.05) is 12.5 Å². The number of rotatable bonds is 9. The highest BCUT2D eigenvalue weighted by molar-refractivity contribution is 5.81. The number of carbonyl (C=O) groups excluding carboxylic acids is 1. The molecule has 0 amide bonds. The average Bonchev–Trinajstić information content (AvgIpc) is 2.47. The van der Waals surface area contributed by atoms with Gasteiger partial charge in [-0.05, 0) is 5.92 Å². The van der Waals surface area contributed by atoms with Crippen molar-refractivity contribution in [2.75, 3.05) is 6.61 Å². The van der Waals surface area contributed by atoms with E-state index in [-0.39, 0.29) is 0 Å². The van der Waals surface area contributed by atoms with Gasteiger partial charge in [-0.2, -0.15) is 61.5 Å². The minimum Gasteiger partial charge on any atom is -0.462 e. The second-order valence-corrected chi connectivity index (χ2v) is 6.14. The van der Waals surface area contributed by atoms with Crippen LogP contribution in [0.5, 0.6) is 0 Å². The summed E-state index contributed by atoms with van der Waals surface area (Å²) < 4.78 is 187. The van der Waals surface area contributed by atoms with E-state index in [1.165, 1.54) is 0 Å². The summed E-state index contributed by atoms with van der Waals surface area (Å²) in [4.78, 5) is 10.7. The molecule has 0 aliphatic carbocycles. The smallest absolute Gasteiger partial charge is 0.406 e. The first kappa shape index (κ1) is 28.2. The molecular formula is C14H12F14O2. The molecule has 0 aliphatic rings.